The van der Waals surface area contributed by atoms with Gasteiger partial charge in [0.25, 0.3) is 5.91 Å². The topological polar surface area (TPSA) is 61.9 Å². The number of hydrogen-bond acceptors (Lipinski definition) is 3. The average molecular weight is 458 g/mol. The highest BCUT2D eigenvalue weighted by Crippen LogP contribution is 2.32. The summed E-state index contributed by atoms with van der Waals surface area (Å²) < 4.78 is 52.6. The molecule has 9 heteroatoms. The largest absolute Gasteiger partial charge is 0.417 e. The summed E-state index contributed by atoms with van der Waals surface area (Å²) >= 11 is 0. The van der Waals surface area contributed by atoms with Crippen LogP contribution in [0.4, 0.5) is 17.6 Å². The normalized spacial score (nSPS) is 14.8. The van der Waals surface area contributed by atoms with Gasteiger partial charge in [0.05, 0.1) is 11.1 Å². The molecule has 2 N–H and O–H groups in total. The smallest absolute Gasteiger partial charge is 0.352 e. The molecular formula is C24H22F4N4O. The molecule has 2 aromatic rings. The molecule has 0 spiro atoms. The third-order valence-electron chi connectivity index (χ3n) is 5.05. The minimum absolute atomic E-state index is 0.238. The minimum Gasteiger partial charge on any atom is -0.352 e. The fourth-order valence-corrected chi connectivity index (χ4v) is 3.37. The Bertz CT molecular complexity index is 1090. The third kappa shape index (κ3) is 6.35. The molecular weight excluding hydrogens is 436 g/mol. The fourth-order valence-electron chi connectivity index (χ4n) is 3.37. The van der Waals surface area contributed by atoms with E-state index < -0.39 is 17.6 Å². The standard InChI is InChI=1S/C24H22F4N4O/c25-19-12-10-18(11-13-19)6-2-1-3-9-22(30-29)31-14-16-32(17-15-31)23(33)20-7-4-5-8-21(20)24(26,27)28/h3-5,7-13H,1,14-17,29H2/b9-3-,30-22+. The van der Waals surface area contributed by atoms with Crippen LogP contribution in [0, 0.1) is 17.7 Å². The lowest BCUT2D eigenvalue weighted by Gasteiger charge is -2.36. The van der Waals surface area contributed by atoms with Gasteiger partial charge in [-0.05, 0) is 42.5 Å². The van der Waals surface area contributed by atoms with Crippen LogP contribution in [-0.4, -0.2) is 47.7 Å². The number of hydrazone groups is 1. The van der Waals surface area contributed by atoms with Crippen molar-refractivity contribution in [2.45, 2.75) is 12.6 Å². The molecule has 1 amide bonds. The summed E-state index contributed by atoms with van der Waals surface area (Å²) in [4.78, 5) is 15.9. The molecule has 0 aliphatic carbocycles. The number of hydrogen-bond donors (Lipinski definition) is 1. The van der Waals surface area contributed by atoms with E-state index in [0.29, 0.717) is 30.9 Å². The van der Waals surface area contributed by atoms with Crippen molar-refractivity contribution in [2.24, 2.45) is 10.9 Å². The molecule has 2 aromatic carbocycles. The van der Waals surface area contributed by atoms with Crippen LogP contribution < -0.4 is 5.84 Å². The Hall–Kier alpha value is -3.80. The van der Waals surface area contributed by atoms with Gasteiger partial charge in [-0.1, -0.05) is 30.0 Å². The molecule has 1 fully saturated rings. The maximum Gasteiger partial charge on any atom is 0.417 e. The fraction of sp³-hybridized carbons (Fsp3) is 0.250. The number of amidine groups is 1. The molecule has 0 aromatic heterocycles. The summed E-state index contributed by atoms with van der Waals surface area (Å²) in [6.45, 7) is 1.23. The predicted molar refractivity (Wildman–Crippen MR) is 118 cm³/mol. The van der Waals surface area contributed by atoms with Crippen LogP contribution in [0.25, 0.3) is 0 Å². The molecule has 1 aliphatic heterocycles. The minimum atomic E-state index is -4.60. The van der Waals surface area contributed by atoms with E-state index >= 15 is 0 Å². The highest BCUT2D eigenvalue weighted by Gasteiger charge is 2.36. The van der Waals surface area contributed by atoms with Gasteiger partial charge in [0.2, 0.25) is 0 Å². The molecule has 3 rings (SSSR count). The third-order valence-corrected chi connectivity index (χ3v) is 5.05. The van der Waals surface area contributed by atoms with E-state index in [1.54, 1.807) is 24.3 Å². The lowest BCUT2D eigenvalue weighted by molar-refractivity contribution is -0.138. The Kier molecular flexibility index (Phi) is 7.72. The van der Waals surface area contributed by atoms with Gasteiger partial charge in [-0.2, -0.15) is 18.3 Å². The Balaban J connectivity index is 1.56. The van der Waals surface area contributed by atoms with Crippen LogP contribution in [0.2, 0.25) is 0 Å². The number of carbonyl (C=O) groups excluding carboxylic acids is 1. The maximum absolute atomic E-state index is 13.2. The molecule has 0 radical (unpaired) electrons. The SMILES string of the molecule is N/N=C(\C=C/CC#Cc1ccc(F)cc1)N1CCN(C(=O)c2ccccc2C(F)(F)F)CC1. The first-order chi connectivity index (χ1) is 15.8. The van der Waals surface area contributed by atoms with Crippen LogP contribution >= 0.6 is 0 Å². The molecule has 0 atom stereocenters. The van der Waals surface area contributed by atoms with Crippen molar-refractivity contribution in [2.75, 3.05) is 26.2 Å². The predicted octanol–water partition coefficient (Wildman–Crippen LogP) is 3.87. The Morgan fingerprint density at radius 2 is 1.67 bits per heavy atom. The molecule has 0 unspecified atom stereocenters. The molecule has 33 heavy (non-hydrogen) atoms. The number of rotatable bonds is 3. The van der Waals surface area contributed by atoms with E-state index in [9.17, 15) is 22.4 Å². The van der Waals surface area contributed by atoms with Crippen LogP contribution in [0.15, 0.2) is 65.8 Å². The zero-order valence-corrected chi connectivity index (χ0v) is 17.6. The summed E-state index contributed by atoms with van der Waals surface area (Å²) in [5.74, 6) is 10.9. The Morgan fingerprint density at radius 1 is 1.03 bits per heavy atom. The molecule has 0 bridgehead atoms. The summed E-state index contributed by atoms with van der Waals surface area (Å²) in [6, 6.07) is 10.6. The number of piperazine rings is 1. The number of nitrogens with two attached hydrogens (primary N) is 1. The molecule has 1 saturated heterocycles. The monoisotopic (exact) mass is 458 g/mol. The lowest BCUT2D eigenvalue weighted by Crippen LogP contribution is -2.50. The highest BCUT2D eigenvalue weighted by molar-refractivity contribution is 5.96. The molecule has 1 aliphatic rings. The van der Waals surface area contributed by atoms with Gasteiger partial charge < -0.3 is 15.6 Å². The average Bonchev–Trinajstić information content (AvgIpc) is 2.82. The van der Waals surface area contributed by atoms with Gasteiger partial charge in [0, 0.05) is 38.2 Å². The first-order valence-corrected chi connectivity index (χ1v) is 10.2. The number of alkyl halides is 3. The van der Waals surface area contributed by atoms with Crippen LogP contribution in [0.1, 0.15) is 27.9 Å². The number of allylic oxidation sites excluding steroid dienone is 1. The summed E-state index contributed by atoms with van der Waals surface area (Å²) in [7, 11) is 0. The van der Waals surface area contributed by atoms with Gasteiger partial charge in [0.1, 0.15) is 11.7 Å². The number of carbonyl (C=O) groups is 1. The van der Waals surface area contributed by atoms with E-state index in [2.05, 4.69) is 16.9 Å². The molecule has 1 heterocycles. The number of amides is 1. The first kappa shape index (κ1) is 23.9. The maximum atomic E-state index is 13.2. The van der Waals surface area contributed by atoms with Crippen molar-refractivity contribution in [1.82, 2.24) is 9.80 Å². The molecule has 172 valence electrons. The lowest BCUT2D eigenvalue weighted by atomic mass is 10.1. The van der Waals surface area contributed by atoms with Crippen molar-refractivity contribution in [1.29, 1.82) is 0 Å². The summed E-state index contributed by atoms with van der Waals surface area (Å²) in [6.07, 6.45) is -0.698. The van der Waals surface area contributed by atoms with Crippen LogP contribution in [-0.2, 0) is 6.18 Å². The highest BCUT2D eigenvalue weighted by atomic mass is 19.4. The van der Waals surface area contributed by atoms with Crippen molar-refractivity contribution < 1.29 is 22.4 Å². The van der Waals surface area contributed by atoms with E-state index in [-0.39, 0.29) is 24.5 Å². The zero-order chi connectivity index (χ0) is 23.8. The van der Waals surface area contributed by atoms with Crippen molar-refractivity contribution in [3.05, 3.63) is 83.2 Å². The van der Waals surface area contributed by atoms with Crippen molar-refractivity contribution >= 4 is 11.7 Å². The van der Waals surface area contributed by atoms with Gasteiger partial charge in [0.15, 0.2) is 0 Å². The second-order valence-corrected chi connectivity index (χ2v) is 7.23. The number of benzene rings is 2. The van der Waals surface area contributed by atoms with Crippen LogP contribution in [0.3, 0.4) is 0 Å². The van der Waals surface area contributed by atoms with Crippen molar-refractivity contribution in [3.8, 4) is 11.8 Å². The summed E-state index contributed by atoms with van der Waals surface area (Å²) in [5, 5.41) is 3.77. The van der Waals surface area contributed by atoms with Gasteiger partial charge in [-0.25, -0.2) is 4.39 Å². The van der Waals surface area contributed by atoms with E-state index in [4.69, 9.17) is 5.84 Å². The van der Waals surface area contributed by atoms with Crippen molar-refractivity contribution in [3.63, 3.8) is 0 Å². The quantitative estimate of drug-likeness (QED) is 0.190. The Labute approximate surface area is 189 Å². The zero-order valence-electron chi connectivity index (χ0n) is 17.6. The second-order valence-electron chi connectivity index (χ2n) is 7.23. The number of halogens is 4. The van der Waals surface area contributed by atoms with Gasteiger partial charge in [-0.15, -0.1) is 0 Å². The summed E-state index contributed by atoms with van der Waals surface area (Å²) in [5.41, 5.74) is -0.595. The second kappa shape index (κ2) is 10.7. The van der Waals surface area contributed by atoms with Gasteiger partial charge in [-0.3, -0.25) is 4.79 Å². The van der Waals surface area contributed by atoms with E-state index in [1.165, 1.54) is 35.2 Å². The first-order valence-electron chi connectivity index (χ1n) is 10.2. The van der Waals surface area contributed by atoms with Crippen LogP contribution in [0.5, 0.6) is 0 Å². The number of nitrogens with zero attached hydrogens (tertiary/aromatic N) is 3. The molecule has 5 nitrogen and oxygen atoms in total. The van der Waals surface area contributed by atoms with E-state index in [1.807, 2.05) is 4.90 Å². The van der Waals surface area contributed by atoms with E-state index in [0.717, 1.165) is 6.07 Å². The Morgan fingerprint density at radius 3 is 2.30 bits per heavy atom. The van der Waals surface area contributed by atoms with Gasteiger partial charge >= 0.3 is 6.18 Å². The molecule has 0 saturated carbocycles.